The molecule has 1 aromatic heterocycles. The molecule has 252 valence electrons. The monoisotopic (exact) mass is 703 g/mol. The predicted octanol–water partition coefficient (Wildman–Crippen LogP) is 15.5. The number of nitrogens with zero attached hydrogens (tertiary/aromatic N) is 1. The Kier molecular flexibility index (Phi) is 7.11. The molecule has 0 N–H and O–H groups in total. The summed E-state index contributed by atoms with van der Waals surface area (Å²) in [6.45, 7) is 0. The Balaban J connectivity index is 1.07. The molecule has 0 spiro atoms. The molecule has 0 aliphatic heterocycles. The maximum atomic E-state index is 2.42. The average Bonchev–Trinajstić information content (AvgIpc) is 3.63. The molecule has 0 bridgehead atoms. The lowest BCUT2D eigenvalue weighted by Gasteiger charge is -2.28. The molecular weight excluding hydrogens is 671 g/mol. The van der Waals surface area contributed by atoms with Crippen molar-refractivity contribution < 1.29 is 0 Å². The van der Waals surface area contributed by atoms with E-state index in [-0.39, 0.29) is 0 Å². The van der Waals surface area contributed by atoms with Gasteiger partial charge in [-0.2, -0.15) is 0 Å². The van der Waals surface area contributed by atoms with Gasteiger partial charge in [0.15, 0.2) is 0 Å². The summed E-state index contributed by atoms with van der Waals surface area (Å²) < 4.78 is 2.66. The molecule has 11 rings (SSSR count). The lowest BCUT2D eigenvalue weighted by atomic mass is 9.94. The summed E-state index contributed by atoms with van der Waals surface area (Å²) in [5.74, 6) is 0. The molecule has 0 saturated carbocycles. The van der Waals surface area contributed by atoms with Crippen LogP contribution in [0.25, 0.3) is 85.5 Å². The van der Waals surface area contributed by atoms with Crippen molar-refractivity contribution >= 4 is 91.7 Å². The highest BCUT2D eigenvalue weighted by atomic mass is 32.1. The summed E-state index contributed by atoms with van der Waals surface area (Å²) >= 11 is 1.87. The fraction of sp³-hybridized carbons (Fsp3) is 0. The third-order valence-corrected chi connectivity index (χ3v) is 12.2. The van der Waals surface area contributed by atoms with Gasteiger partial charge in [-0.3, -0.25) is 0 Å². The molecular formula is C52H33NS. The van der Waals surface area contributed by atoms with Crippen LogP contribution in [0.1, 0.15) is 0 Å². The van der Waals surface area contributed by atoms with Gasteiger partial charge >= 0.3 is 0 Å². The fourth-order valence-corrected chi connectivity index (χ4v) is 9.57. The number of thiophene rings is 1. The molecule has 0 amide bonds. The van der Waals surface area contributed by atoms with Crippen molar-refractivity contribution in [2.24, 2.45) is 0 Å². The number of fused-ring (bicyclic) bond motifs is 10. The van der Waals surface area contributed by atoms with Crippen molar-refractivity contribution in [3.05, 3.63) is 200 Å². The molecule has 1 nitrogen and oxygen atoms in total. The summed E-state index contributed by atoms with van der Waals surface area (Å²) in [6, 6.07) is 73.5. The van der Waals surface area contributed by atoms with Crippen LogP contribution in [0.15, 0.2) is 200 Å². The van der Waals surface area contributed by atoms with Crippen LogP contribution in [-0.2, 0) is 0 Å². The van der Waals surface area contributed by atoms with E-state index in [1.54, 1.807) is 0 Å². The minimum absolute atomic E-state index is 1.11. The van der Waals surface area contributed by atoms with Crippen molar-refractivity contribution in [2.75, 3.05) is 4.90 Å². The Hall–Kier alpha value is -6.74. The van der Waals surface area contributed by atoms with Crippen LogP contribution >= 0.6 is 11.3 Å². The number of hydrogen-bond donors (Lipinski definition) is 0. The number of rotatable bonds is 5. The Morgan fingerprint density at radius 2 is 0.944 bits per heavy atom. The summed E-state index contributed by atoms with van der Waals surface area (Å²) in [7, 11) is 0. The van der Waals surface area contributed by atoms with Crippen molar-refractivity contribution in [3.63, 3.8) is 0 Å². The molecule has 10 aromatic carbocycles. The topological polar surface area (TPSA) is 3.24 Å². The third-order valence-electron chi connectivity index (χ3n) is 11.0. The van der Waals surface area contributed by atoms with Crippen LogP contribution < -0.4 is 4.90 Å². The number of para-hydroxylation sites is 1. The second kappa shape index (κ2) is 12.4. The van der Waals surface area contributed by atoms with Crippen LogP contribution in [-0.4, -0.2) is 0 Å². The summed E-state index contributed by atoms with van der Waals surface area (Å²) in [5.41, 5.74) is 8.17. The van der Waals surface area contributed by atoms with Gasteiger partial charge in [-0.15, -0.1) is 11.3 Å². The molecule has 1 heterocycles. The molecule has 0 unspecified atom stereocenters. The molecule has 11 aromatic rings. The molecule has 54 heavy (non-hydrogen) atoms. The first-order chi connectivity index (χ1) is 26.8. The van der Waals surface area contributed by atoms with Crippen LogP contribution in [0, 0.1) is 0 Å². The SMILES string of the molecule is c1ccc(-c2ccccc2N(c2ccc(-c3ccc4ccc5ccc6ccccc6c5c4c3)cc2)c2ccc3c(ccc4sc5ccccc5c43)c2)cc1. The molecule has 0 fully saturated rings. The highest BCUT2D eigenvalue weighted by Crippen LogP contribution is 2.44. The summed E-state index contributed by atoms with van der Waals surface area (Å²) in [4.78, 5) is 2.42. The molecule has 2 heteroatoms. The molecule has 0 aliphatic rings. The lowest BCUT2D eigenvalue weighted by Crippen LogP contribution is -2.11. The zero-order chi connectivity index (χ0) is 35.6. The van der Waals surface area contributed by atoms with E-state index in [9.17, 15) is 0 Å². The highest BCUT2D eigenvalue weighted by molar-refractivity contribution is 7.26. The summed E-state index contributed by atoms with van der Waals surface area (Å²) in [6.07, 6.45) is 0. The second-order valence-corrected chi connectivity index (χ2v) is 15.2. The standard InChI is InChI=1S/C52H33NS/c1-2-10-35(11-3-1)43-13-6-8-16-48(43)53(42-29-30-45-40(32-42)26-31-50-52(45)46-15-7-9-17-49(46)54-50)41-27-24-34(25-28-41)39-23-20-37-19-22-38-21-18-36-12-4-5-14-44(36)51(38)47(37)33-39/h1-33H. The van der Waals surface area contributed by atoms with Gasteiger partial charge in [-0.1, -0.05) is 152 Å². The van der Waals surface area contributed by atoms with Crippen molar-refractivity contribution in [2.45, 2.75) is 0 Å². The highest BCUT2D eigenvalue weighted by Gasteiger charge is 2.19. The van der Waals surface area contributed by atoms with E-state index in [1.165, 1.54) is 85.5 Å². The Labute approximate surface area is 317 Å². The first-order valence-corrected chi connectivity index (χ1v) is 19.3. The van der Waals surface area contributed by atoms with E-state index in [4.69, 9.17) is 0 Å². The molecule has 0 saturated heterocycles. The maximum Gasteiger partial charge on any atom is 0.0540 e. The van der Waals surface area contributed by atoms with Crippen LogP contribution in [0.5, 0.6) is 0 Å². The van der Waals surface area contributed by atoms with Gasteiger partial charge in [0.2, 0.25) is 0 Å². The second-order valence-electron chi connectivity index (χ2n) is 14.1. The maximum absolute atomic E-state index is 2.42. The van der Waals surface area contributed by atoms with E-state index < -0.39 is 0 Å². The first-order valence-electron chi connectivity index (χ1n) is 18.5. The van der Waals surface area contributed by atoms with E-state index in [1.807, 2.05) is 11.3 Å². The molecule has 0 aliphatic carbocycles. The Morgan fingerprint density at radius 3 is 1.81 bits per heavy atom. The molecule has 0 radical (unpaired) electrons. The van der Waals surface area contributed by atoms with Gasteiger partial charge in [0.1, 0.15) is 0 Å². The largest absolute Gasteiger partial charge is 0.310 e. The van der Waals surface area contributed by atoms with Crippen LogP contribution in [0.2, 0.25) is 0 Å². The third kappa shape index (κ3) is 4.99. The van der Waals surface area contributed by atoms with E-state index in [0.717, 1.165) is 17.1 Å². The number of benzene rings is 10. The quantitative estimate of drug-likeness (QED) is 0.161. The van der Waals surface area contributed by atoms with Crippen LogP contribution in [0.4, 0.5) is 17.1 Å². The van der Waals surface area contributed by atoms with Crippen LogP contribution in [0.3, 0.4) is 0 Å². The summed E-state index contributed by atoms with van der Waals surface area (Å²) in [5, 5.41) is 12.9. The van der Waals surface area contributed by atoms with Gasteiger partial charge in [0, 0.05) is 37.1 Å². The number of anilines is 3. The van der Waals surface area contributed by atoms with Gasteiger partial charge < -0.3 is 4.90 Å². The minimum Gasteiger partial charge on any atom is -0.310 e. The smallest absolute Gasteiger partial charge is 0.0540 e. The molecule has 0 atom stereocenters. The van der Waals surface area contributed by atoms with Gasteiger partial charge in [0.25, 0.3) is 0 Å². The van der Waals surface area contributed by atoms with Gasteiger partial charge in [-0.25, -0.2) is 0 Å². The zero-order valence-corrected chi connectivity index (χ0v) is 30.2. The Morgan fingerprint density at radius 1 is 0.315 bits per heavy atom. The van der Waals surface area contributed by atoms with E-state index >= 15 is 0 Å². The Bertz CT molecular complexity index is 3210. The van der Waals surface area contributed by atoms with E-state index in [0.29, 0.717) is 0 Å². The fourth-order valence-electron chi connectivity index (χ4n) is 8.45. The predicted molar refractivity (Wildman–Crippen MR) is 235 cm³/mol. The number of hydrogen-bond acceptors (Lipinski definition) is 2. The first kappa shape index (κ1) is 30.8. The normalized spacial score (nSPS) is 11.7. The average molecular weight is 704 g/mol. The van der Waals surface area contributed by atoms with Gasteiger partial charge in [-0.05, 0) is 108 Å². The lowest BCUT2D eigenvalue weighted by molar-refractivity contribution is 1.29. The van der Waals surface area contributed by atoms with Crippen molar-refractivity contribution in [1.29, 1.82) is 0 Å². The van der Waals surface area contributed by atoms with Crippen molar-refractivity contribution in [1.82, 2.24) is 0 Å². The minimum atomic E-state index is 1.11. The van der Waals surface area contributed by atoms with Crippen molar-refractivity contribution in [3.8, 4) is 22.3 Å². The zero-order valence-electron chi connectivity index (χ0n) is 29.4. The van der Waals surface area contributed by atoms with E-state index in [2.05, 4.69) is 205 Å². The van der Waals surface area contributed by atoms with Gasteiger partial charge in [0.05, 0.1) is 5.69 Å².